The molecule has 2 aromatic rings. The van der Waals surface area contributed by atoms with Crippen LogP contribution in [-0.4, -0.2) is 75.5 Å². The van der Waals surface area contributed by atoms with Gasteiger partial charge in [0.1, 0.15) is 11.4 Å². The number of benzene rings is 2. The van der Waals surface area contributed by atoms with E-state index in [-0.39, 0.29) is 11.8 Å². The molecule has 0 spiro atoms. The van der Waals surface area contributed by atoms with Crippen LogP contribution < -0.4 is 14.5 Å². The summed E-state index contributed by atoms with van der Waals surface area (Å²) < 4.78 is 5.55. The van der Waals surface area contributed by atoms with Gasteiger partial charge in [0.2, 0.25) is 0 Å². The Morgan fingerprint density at radius 1 is 0.875 bits per heavy atom. The number of hydrogen-bond acceptors (Lipinski definition) is 6. The van der Waals surface area contributed by atoms with Crippen LogP contribution in [0.25, 0.3) is 5.57 Å². The van der Waals surface area contributed by atoms with E-state index in [2.05, 4.69) is 16.8 Å². The van der Waals surface area contributed by atoms with Gasteiger partial charge in [0.15, 0.2) is 0 Å². The van der Waals surface area contributed by atoms with Crippen molar-refractivity contribution in [2.45, 2.75) is 6.92 Å². The van der Waals surface area contributed by atoms with E-state index in [4.69, 9.17) is 4.74 Å². The van der Waals surface area contributed by atoms with Crippen molar-refractivity contribution in [1.82, 2.24) is 9.80 Å². The third-order valence-electron chi connectivity index (χ3n) is 5.96. The molecule has 4 rings (SSSR count). The van der Waals surface area contributed by atoms with Crippen molar-refractivity contribution < 1.29 is 14.3 Å². The van der Waals surface area contributed by atoms with Gasteiger partial charge in [-0.05, 0) is 55.9 Å². The van der Waals surface area contributed by atoms with Crippen molar-refractivity contribution in [2.24, 2.45) is 0 Å². The number of rotatable bonds is 6. The lowest BCUT2D eigenvalue weighted by atomic mass is 10.0. The molecule has 1 fully saturated rings. The van der Waals surface area contributed by atoms with Crippen molar-refractivity contribution in [3.63, 3.8) is 0 Å². The van der Waals surface area contributed by atoms with Gasteiger partial charge in [-0.3, -0.25) is 9.59 Å². The molecular weight excluding hydrogens is 404 g/mol. The number of carbonyl (C=O) groups excluding carboxylic acids is 2. The average molecular weight is 435 g/mol. The van der Waals surface area contributed by atoms with Crippen LogP contribution in [0.3, 0.4) is 0 Å². The fourth-order valence-corrected chi connectivity index (χ4v) is 4.12. The van der Waals surface area contributed by atoms with E-state index in [9.17, 15) is 9.59 Å². The van der Waals surface area contributed by atoms with Gasteiger partial charge in [0.25, 0.3) is 11.8 Å². The summed E-state index contributed by atoms with van der Waals surface area (Å²) in [7, 11) is 5.98. The molecule has 0 aliphatic carbocycles. The number of hydrogen-bond donors (Lipinski definition) is 0. The standard InChI is InChI=1S/C25H30N4O3/c1-5-32-21-12-6-18(7-13-21)22-23(28-16-14-27(4)15-17-28)25(31)29(24(22)30)20-10-8-19(9-11-20)26(2)3/h6-13H,5,14-17H2,1-4H3. The first-order chi connectivity index (χ1) is 15.4. The smallest absolute Gasteiger partial charge is 0.282 e. The zero-order chi connectivity index (χ0) is 22.8. The maximum Gasteiger partial charge on any atom is 0.282 e. The van der Waals surface area contributed by atoms with Crippen molar-refractivity contribution in [2.75, 3.05) is 63.7 Å². The molecule has 0 aromatic heterocycles. The average Bonchev–Trinajstić information content (AvgIpc) is 3.05. The lowest BCUT2D eigenvalue weighted by Gasteiger charge is -2.34. The van der Waals surface area contributed by atoms with Crippen LogP contribution in [-0.2, 0) is 9.59 Å². The summed E-state index contributed by atoms with van der Waals surface area (Å²) in [6.07, 6.45) is 0. The maximum atomic E-state index is 13.6. The molecule has 2 aliphatic rings. The third-order valence-corrected chi connectivity index (χ3v) is 5.96. The zero-order valence-electron chi connectivity index (χ0n) is 19.2. The summed E-state index contributed by atoms with van der Waals surface area (Å²) in [5.74, 6) is 0.192. The van der Waals surface area contributed by atoms with Gasteiger partial charge in [0, 0.05) is 46.0 Å². The topological polar surface area (TPSA) is 56.3 Å². The zero-order valence-corrected chi connectivity index (χ0v) is 19.2. The molecule has 2 aliphatic heterocycles. The van der Waals surface area contributed by atoms with Crippen molar-refractivity contribution in [3.05, 3.63) is 59.8 Å². The van der Waals surface area contributed by atoms with Gasteiger partial charge in [-0.2, -0.15) is 0 Å². The van der Waals surface area contributed by atoms with Crippen LogP contribution in [0.5, 0.6) is 5.75 Å². The van der Waals surface area contributed by atoms with Crippen LogP contribution in [0.1, 0.15) is 12.5 Å². The normalized spacial score (nSPS) is 17.4. The number of amides is 2. The van der Waals surface area contributed by atoms with Gasteiger partial charge in [-0.25, -0.2) is 4.90 Å². The summed E-state index contributed by atoms with van der Waals surface area (Å²) in [6, 6.07) is 14.9. The first-order valence-electron chi connectivity index (χ1n) is 11.0. The van der Waals surface area contributed by atoms with Gasteiger partial charge in [-0.1, -0.05) is 12.1 Å². The van der Waals surface area contributed by atoms with Gasteiger partial charge < -0.3 is 19.4 Å². The number of ether oxygens (including phenoxy) is 1. The predicted molar refractivity (Wildman–Crippen MR) is 127 cm³/mol. The minimum Gasteiger partial charge on any atom is -0.494 e. The lowest BCUT2D eigenvalue weighted by molar-refractivity contribution is -0.120. The summed E-state index contributed by atoms with van der Waals surface area (Å²) in [4.78, 5) is 34.8. The quantitative estimate of drug-likeness (QED) is 0.652. The number of likely N-dealkylation sites (N-methyl/N-ethyl adjacent to an activating group) is 1. The largest absolute Gasteiger partial charge is 0.494 e. The Hall–Kier alpha value is -3.32. The van der Waals surface area contributed by atoms with Crippen LogP contribution >= 0.6 is 0 Å². The van der Waals surface area contributed by atoms with Crippen molar-refractivity contribution in [1.29, 1.82) is 0 Å². The highest BCUT2D eigenvalue weighted by Crippen LogP contribution is 2.36. The molecule has 2 heterocycles. The van der Waals surface area contributed by atoms with Crippen LogP contribution in [0, 0.1) is 0 Å². The molecule has 1 saturated heterocycles. The van der Waals surface area contributed by atoms with Gasteiger partial charge in [-0.15, -0.1) is 0 Å². The minimum absolute atomic E-state index is 0.263. The van der Waals surface area contributed by atoms with Crippen LogP contribution in [0.2, 0.25) is 0 Å². The molecule has 168 valence electrons. The van der Waals surface area contributed by atoms with Crippen LogP contribution in [0.4, 0.5) is 11.4 Å². The highest BCUT2D eigenvalue weighted by atomic mass is 16.5. The van der Waals surface area contributed by atoms with E-state index in [1.807, 2.05) is 74.4 Å². The summed E-state index contributed by atoms with van der Waals surface area (Å²) in [6.45, 7) is 5.61. The molecule has 0 atom stereocenters. The Morgan fingerprint density at radius 3 is 2.06 bits per heavy atom. The van der Waals surface area contributed by atoms with E-state index in [1.165, 1.54) is 4.90 Å². The SMILES string of the molecule is CCOc1ccc(C2=C(N3CCN(C)CC3)C(=O)N(c3ccc(N(C)C)cc3)C2=O)cc1. The van der Waals surface area contributed by atoms with E-state index >= 15 is 0 Å². The van der Waals surface area contributed by atoms with Crippen LogP contribution in [0.15, 0.2) is 54.2 Å². The Labute approximate surface area is 189 Å². The number of piperazine rings is 1. The summed E-state index contributed by atoms with van der Waals surface area (Å²) >= 11 is 0. The second-order valence-corrected chi connectivity index (χ2v) is 8.33. The fourth-order valence-electron chi connectivity index (χ4n) is 4.12. The second kappa shape index (κ2) is 9.04. The molecule has 7 nitrogen and oxygen atoms in total. The van der Waals surface area contributed by atoms with E-state index in [1.54, 1.807) is 0 Å². The van der Waals surface area contributed by atoms with E-state index in [0.29, 0.717) is 36.7 Å². The Morgan fingerprint density at radius 2 is 1.50 bits per heavy atom. The Bertz CT molecular complexity index is 1020. The first-order valence-corrected chi connectivity index (χ1v) is 11.0. The van der Waals surface area contributed by atoms with Gasteiger partial charge in [0.05, 0.1) is 17.9 Å². The number of imide groups is 1. The Kier molecular flexibility index (Phi) is 6.19. The fraction of sp³-hybridized carbons (Fsp3) is 0.360. The molecule has 0 unspecified atom stereocenters. The molecule has 0 bridgehead atoms. The second-order valence-electron chi connectivity index (χ2n) is 8.33. The molecule has 2 aromatic carbocycles. The monoisotopic (exact) mass is 434 g/mol. The number of nitrogens with zero attached hydrogens (tertiary/aromatic N) is 4. The predicted octanol–water partition coefficient (Wildman–Crippen LogP) is 2.68. The summed E-state index contributed by atoms with van der Waals surface area (Å²) in [5.41, 5.74) is 3.27. The molecular formula is C25H30N4O3. The lowest BCUT2D eigenvalue weighted by Crippen LogP contribution is -2.46. The van der Waals surface area contributed by atoms with Gasteiger partial charge >= 0.3 is 0 Å². The van der Waals surface area contributed by atoms with E-state index < -0.39 is 0 Å². The van der Waals surface area contributed by atoms with Crippen molar-refractivity contribution in [3.8, 4) is 5.75 Å². The maximum absolute atomic E-state index is 13.6. The molecule has 7 heteroatoms. The summed E-state index contributed by atoms with van der Waals surface area (Å²) in [5, 5.41) is 0. The highest BCUT2D eigenvalue weighted by molar-refractivity contribution is 6.45. The van der Waals surface area contributed by atoms with E-state index in [0.717, 1.165) is 30.1 Å². The molecule has 0 saturated carbocycles. The van der Waals surface area contributed by atoms with Crippen molar-refractivity contribution >= 4 is 28.8 Å². The first kappa shape index (κ1) is 21.9. The number of anilines is 2. The Balaban J connectivity index is 1.74. The number of carbonyl (C=O) groups is 2. The molecule has 0 N–H and O–H groups in total. The minimum atomic E-state index is -0.286. The molecule has 0 radical (unpaired) electrons. The third kappa shape index (κ3) is 4.08. The molecule has 2 amide bonds. The highest BCUT2D eigenvalue weighted by Gasteiger charge is 2.42. The molecule has 32 heavy (non-hydrogen) atoms.